The first kappa shape index (κ1) is 26.5. The van der Waals surface area contributed by atoms with Crippen molar-refractivity contribution < 1.29 is 23.8 Å². The molecule has 38 heavy (non-hydrogen) atoms. The number of carboxylic acids is 1. The average Bonchev–Trinajstić information content (AvgIpc) is 3.66. The predicted octanol–water partition coefficient (Wildman–Crippen LogP) is 7.59. The zero-order valence-electron chi connectivity index (χ0n) is 22.7. The van der Waals surface area contributed by atoms with Crippen LogP contribution < -0.4 is 0 Å². The van der Waals surface area contributed by atoms with E-state index in [4.69, 9.17) is 14.5 Å². The van der Waals surface area contributed by atoms with E-state index >= 15 is 0 Å². The van der Waals surface area contributed by atoms with Crippen LogP contribution in [-0.2, 0) is 14.3 Å². The van der Waals surface area contributed by atoms with Crippen LogP contribution >= 0.6 is 0 Å². The number of fused-ring (bicyclic) bond motifs is 1. The zero-order chi connectivity index (χ0) is 27.2. The second kappa shape index (κ2) is 9.90. The van der Waals surface area contributed by atoms with Gasteiger partial charge in [-0.3, -0.25) is 9.78 Å². The van der Waals surface area contributed by atoms with Crippen molar-refractivity contribution in [1.29, 1.82) is 0 Å². The molecule has 0 spiro atoms. The van der Waals surface area contributed by atoms with Gasteiger partial charge in [-0.25, -0.2) is 4.39 Å². The summed E-state index contributed by atoms with van der Waals surface area (Å²) in [5.41, 5.74) is 4.44. The van der Waals surface area contributed by atoms with Gasteiger partial charge < -0.3 is 14.6 Å². The fraction of sp³-hybridized carbons (Fsp3) is 0.438. The summed E-state index contributed by atoms with van der Waals surface area (Å²) < 4.78 is 26.3. The Labute approximate surface area is 223 Å². The highest BCUT2D eigenvalue weighted by molar-refractivity contribution is 5.99. The van der Waals surface area contributed by atoms with Crippen molar-refractivity contribution in [3.8, 4) is 11.1 Å². The van der Waals surface area contributed by atoms with Crippen molar-refractivity contribution in [2.24, 2.45) is 11.3 Å². The zero-order valence-corrected chi connectivity index (χ0v) is 22.7. The van der Waals surface area contributed by atoms with Crippen LogP contribution in [-0.4, -0.2) is 34.1 Å². The lowest BCUT2D eigenvalue weighted by Crippen LogP contribution is -2.51. The van der Waals surface area contributed by atoms with Gasteiger partial charge in [0.2, 0.25) is 0 Å². The number of hydrogen-bond donors (Lipinski definition) is 1. The molecule has 1 aromatic heterocycles. The third-order valence-corrected chi connectivity index (χ3v) is 7.44. The van der Waals surface area contributed by atoms with Gasteiger partial charge in [-0.05, 0) is 55.9 Å². The number of rotatable bonds is 6. The number of para-hydroxylation sites is 1. The smallest absolute Gasteiger partial charge is 0.309 e. The maximum Gasteiger partial charge on any atom is 0.309 e. The van der Waals surface area contributed by atoms with E-state index < -0.39 is 29.2 Å². The first-order valence-electron chi connectivity index (χ1n) is 13.4. The lowest BCUT2D eigenvalue weighted by Gasteiger charge is -2.44. The molecular weight excluding hydrogens is 481 g/mol. The molecule has 0 amide bonds. The summed E-state index contributed by atoms with van der Waals surface area (Å²) in [5.74, 6) is -2.37. The van der Waals surface area contributed by atoms with Crippen molar-refractivity contribution in [3.63, 3.8) is 0 Å². The van der Waals surface area contributed by atoms with E-state index in [1.807, 2.05) is 71.0 Å². The van der Waals surface area contributed by atoms with Crippen LogP contribution in [0.5, 0.6) is 0 Å². The maximum atomic E-state index is 13.8. The molecule has 1 saturated carbocycles. The van der Waals surface area contributed by atoms with Crippen LogP contribution in [0.15, 0.2) is 54.6 Å². The fourth-order valence-electron chi connectivity index (χ4n) is 5.70. The van der Waals surface area contributed by atoms with E-state index in [-0.39, 0.29) is 11.9 Å². The summed E-state index contributed by atoms with van der Waals surface area (Å²) in [6.07, 6.45) is 5.85. The van der Waals surface area contributed by atoms with Crippen LogP contribution in [0.4, 0.5) is 4.39 Å². The second-order valence-electron chi connectivity index (χ2n) is 12.1. The summed E-state index contributed by atoms with van der Waals surface area (Å²) in [6, 6.07) is 14.7. The maximum absolute atomic E-state index is 13.8. The first-order chi connectivity index (χ1) is 17.9. The molecule has 1 N–H and O–H groups in total. The molecule has 2 aromatic carbocycles. The van der Waals surface area contributed by atoms with Gasteiger partial charge in [-0.15, -0.1) is 0 Å². The summed E-state index contributed by atoms with van der Waals surface area (Å²) >= 11 is 0. The minimum absolute atomic E-state index is 0.276. The predicted molar refractivity (Wildman–Crippen MR) is 147 cm³/mol. The van der Waals surface area contributed by atoms with Gasteiger partial charge >= 0.3 is 5.97 Å². The summed E-state index contributed by atoms with van der Waals surface area (Å²) in [7, 11) is 0. The Morgan fingerprint density at radius 3 is 2.42 bits per heavy atom. The van der Waals surface area contributed by atoms with Crippen molar-refractivity contribution in [2.75, 3.05) is 0 Å². The highest BCUT2D eigenvalue weighted by Crippen LogP contribution is 2.46. The first-order valence-corrected chi connectivity index (χ1v) is 13.4. The standard InChI is InChI=1S/C32H36FNO4/c1-31(2,3)28(30(35)36)26-18-22(37-32(4,5)38-26)16-17-24-27(19-12-14-21(33)15-13-19)23-8-6-7-9-25(23)34-29(24)20-10-11-20/h6-9,12-17,20,22,26,28H,10-11,18H2,1-5H3,(H,35,36)/t22-,26-,28?/m1/s1. The van der Waals surface area contributed by atoms with Crippen molar-refractivity contribution in [1.82, 2.24) is 4.98 Å². The highest BCUT2D eigenvalue weighted by atomic mass is 19.1. The number of carboxylic acid groups (broad SMARTS) is 1. The molecular formula is C32H36FNO4. The minimum Gasteiger partial charge on any atom is -0.481 e. The fourth-order valence-corrected chi connectivity index (χ4v) is 5.70. The molecule has 1 saturated heterocycles. The highest BCUT2D eigenvalue weighted by Gasteiger charge is 2.45. The molecule has 2 heterocycles. The Morgan fingerprint density at radius 2 is 1.79 bits per heavy atom. The van der Waals surface area contributed by atoms with Crippen molar-refractivity contribution >= 4 is 22.9 Å². The number of hydrogen-bond acceptors (Lipinski definition) is 4. The number of aromatic nitrogens is 1. The molecule has 3 atom stereocenters. The number of carbonyl (C=O) groups is 1. The van der Waals surface area contributed by atoms with E-state index in [2.05, 4.69) is 12.1 Å². The van der Waals surface area contributed by atoms with Gasteiger partial charge in [0, 0.05) is 28.9 Å². The molecule has 2 fully saturated rings. The number of ether oxygens (including phenoxy) is 2. The van der Waals surface area contributed by atoms with Crippen molar-refractivity contribution in [2.45, 2.75) is 77.8 Å². The Hall–Kier alpha value is -3.09. The van der Waals surface area contributed by atoms with Crippen LogP contribution in [0.3, 0.4) is 0 Å². The summed E-state index contributed by atoms with van der Waals surface area (Å²) in [5, 5.41) is 11.0. The molecule has 0 radical (unpaired) electrons. The van der Waals surface area contributed by atoms with Gasteiger partial charge in [-0.2, -0.15) is 0 Å². The molecule has 200 valence electrons. The largest absolute Gasteiger partial charge is 0.481 e. The SMILES string of the molecule is CC1(C)O[C@H](C=Cc2c(C3CC3)nc3ccccc3c2-c2ccc(F)cc2)C[C@H](C(C(=O)O)C(C)(C)C)O1. The number of halogens is 1. The summed E-state index contributed by atoms with van der Waals surface area (Å²) in [6.45, 7) is 9.46. The lowest BCUT2D eigenvalue weighted by atomic mass is 9.75. The van der Waals surface area contributed by atoms with Crippen molar-refractivity contribution in [3.05, 3.63) is 71.7 Å². The number of nitrogens with zero attached hydrogens (tertiary/aromatic N) is 1. The topological polar surface area (TPSA) is 68.7 Å². The molecule has 1 aliphatic carbocycles. The lowest BCUT2D eigenvalue weighted by molar-refractivity contribution is -0.302. The molecule has 1 aliphatic heterocycles. The molecule has 1 unspecified atom stereocenters. The van der Waals surface area contributed by atoms with Crippen LogP contribution in [0.25, 0.3) is 28.1 Å². The molecule has 2 aliphatic rings. The van der Waals surface area contributed by atoms with Crippen LogP contribution in [0.2, 0.25) is 0 Å². The Balaban J connectivity index is 1.59. The Morgan fingerprint density at radius 1 is 1.11 bits per heavy atom. The van der Waals surface area contributed by atoms with Gasteiger partial charge in [-0.1, -0.05) is 63.3 Å². The van der Waals surface area contributed by atoms with Gasteiger partial charge in [0.15, 0.2) is 5.79 Å². The van der Waals surface area contributed by atoms with Crippen LogP contribution in [0, 0.1) is 17.2 Å². The summed E-state index contributed by atoms with van der Waals surface area (Å²) in [4.78, 5) is 17.3. The van der Waals surface area contributed by atoms with Gasteiger partial charge in [0.05, 0.1) is 29.3 Å². The molecule has 5 nitrogen and oxygen atoms in total. The third-order valence-electron chi connectivity index (χ3n) is 7.44. The van der Waals surface area contributed by atoms with E-state index in [1.54, 1.807) is 0 Å². The normalized spacial score (nSPS) is 22.6. The van der Waals surface area contributed by atoms with E-state index in [1.165, 1.54) is 12.1 Å². The van der Waals surface area contributed by atoms with Gasteiger partial charge in [0.25, 0.3) is 0 Å². The molecule has 0 bridgehead atoms. The second-order valence-corrected chi connectivity index (χ2v) is 12.1. The number of pyridine rings is 1. The number of benzene rings is 2. The average molecular weight is 518 g/mol. The van der Waals surface area contributed by atoms with Gasteiger partial charge in [0.1, 0.15) is 5.82 Å². The van der Waals surface area contributed by atoms with E-state index in [0.717, 1.165) is 46.1 Å². The quantitative estimate of drug-likeness (QED) is 0.365. The number of aliphatic carboxylic acids is 1. The third kappa shape index (κ3) is 5.52. The Kier molecular flexibility index (Phi) is 6.91. The van der Waals surface area contributed by atoms with E-state index in [0.29, 0.717) is 12.3 Å². The molecule has 6 heteroatoms. The minimum atomic E-state index is -0.933. The Bertz CT molecular complexity index is 1370. The molecule has 5 rings (SSSR count). The van der Waals surface area contributed by atoms with Crippen LogP contribution in [0.1, 0.15) is 71.1 Å². The van der Waals surface area contributed by atoms with E-state index in [9.17, 15) is 14.3 Å². The monoisotopic (exact) mass is 517 g/mol. The molecule has 3 aromatic rings.